The second-order valence-electron chi connectivity index (χ2n) is 16.6. The molecular weight excluding hydrogens is 588 g/mol. The molecule has 0 amide bonds. The minimum absolute atomic E-state index is 0.989. The standard InChI is InChI=1S/C44H90N2O2/c1-3-5-7-9-11-13-15-17-19-21-25-29-33-45(37-41-47-42-38-45)35-31-27-23-24-28-32-36-46(39-43-48-44-40-46)34-30-26-22-20-18-16-14-12-10-8-6-4-2/h3-44H2,1-2H3/q+2. The van der Waals surface area contributed by atoms with Crippen LogP contribution in [0.3, 0.4) is 0 Å². The van der Waals surface area contributed by atoms with E-state index in [4.69, 9.17) is 9.47 Å². The molecule has 286 valence electrons. The van der Waals surface area contributed by atoms with Gasteiger partial charge in [-0.05, 0) is 51.4 Å². The maximum absolute atomic E-state index is 5.81. The van der Waals surface area contributed by atoms with E-state index in [0.29, 0.717) is 0 Å². The largest absolute Gasteiger partial charge is 0.370 e. The van der Waals surface area contributed by atoms with Crippen LogP contribution in [0.15, 0.2) is 0 Å². The van der Waals surface area contributed by atoms with Gasteiger partial charge in [0, 0.05) is 0 Å². The topological polar surface area (TPSA) is 18.5 Å². The molecule has 2 heterocycles. The Morgan fingerprint density at radius 3 is 0.667 bits per heavy atom. The first-order valence-corrected chi connectivity index (χ1v) is 22.6. The van der Waals surface area contributed by atoms with Crippen LogP contribution in [0.2, 0.25) is 0 Å². The third-order valence-corrected chi connectivity index (χ3v) is 12.3. The summed E-state index contributed by atoms with van der Waals surface area (Å²) in [6.45, 7) is 19.3. The Hall–Kier alpha value is -0.160. The summed E-state index contributed by atoms with van der Waals surface area (Å²) in [5, 5.41) is 0. The van der Waals surface area contributed by atoms with Crippen molar-refractivity contribution < 1.29 is 18.4 Å². The molecule has 0 saturated carbocycles. The van der Waals surface area contributed by atoms with Gasteiger partial charge >= 0.3 is 0 Å². The molecule has 48 heavy (non-hydrogen) atoms. The summed E-state index contributed by atoms with van der Waals surface area (Å²) in [4.78, 5) is 0. The van der Waals surface area contributed by atoms with E-state index in [2.05, 4.69) is 13.8 Å². The van der Waals surface area contributed by atoms with Crippen LogP contribution in [-0.2, 0) is 9.47 Å². The average molecular weight is 679 g/mol. The van der Waals surface area contributed by atoms with Crippen molar-refractivity contribution in [3.63, 3.8) is 0 Å². The van der Waals surface area contributed by atoms with Gasteiger partial charge in [0.1, 0.15) is 26.2 Å². The molecule has 4 heteroatoms. The molecule has 0 aliphatic carbocycles. The maximum Gasteiger partial charge on any atom is 0.102 e. The van der Waals surface area contributed by atoms with Crippen LogP contribution in [0.5, 0.6) is 0 Å². The molecule has 2 aliphatic rings. The van der Waals surface area contributed by atoms with Crippen molar-refractivity contribution in [1.82, 2.24) is 0 Å². The fraction of sp³-hybridized carbons (Fsp3) is 1.00. The van der Waals surface area contributed by atoms with Gasteiger partial charge in [0.15, 0.2) is 0 Å². The predicted octanol–water partition coefficient (Wildman–Crippen LogP) is 12.4. The number of hydrogen-bond acceptors (Lipinski definition) is 2. The highest BCUT2D eigenvalue weighted by molar-refractivity contribution is 4.57. The van der Waals surface area contributed by atoms with Crippen LogP contribution in [0.1, 0.15) is 206 Å². The molecule has 0 aromatic rings. The number of unbranched alkanes of at least 4 members (excludes halogenated alkanes) is 27. The highest BCUT2D eigenvalue weighted by atomic mass is 16.5. The van der Waals surface area contributed by atoms with Crippen molar-refractivity contribution in [3.05, 3.63) is 0 Å². The molecule has 0 N–H and O–H groups in total. The molecule has 0 atom stereocenters. The Labute approximate surface area is 303 Å². The molecule has 2 fully saturated rings. The summed E-state index contributed by atoms with van der Waals surface area (Å²) in [6.07, 6.45) is 43.4. The number of quaternary nitrogens is 2. The molecule has 0 aromatic carbocycles. The molecule has 0 aromatic heterocycles. The molecule has 2 saturated heterocycles. The van der Waals surface area contributed by atoms with E-state index in [-0.39, 0.29) is 0 Å². The molecule has 2 rings (SSSR count). The lowest BCUT2D eigenvalue weighted by Crippen LogP contribution is -2.56. The highest BCUT2D eigenvalue weighted by Crippen LogP contribution is 2.21. The Morgan fingerprint density at radius 2 is 0.458 bits per heavy atom. The first-order valence-electron chi connectivity index (χ1n) is 22.6. The van der Waals surface area contributed by atoms with Crippen molar-refractivity contribution in [1.29, 1.82) is 0 Å². The summed E-state index contributed by atoms with van der Waals surface area (Å²) in [7, 11) is 0. The van der Waals surface area contributed by atoms with E-state index in [1.165, 1.54) is 254 Å². The Balaban J connectivity index is 1.47. The van der Waals surface area contributed by atoms with E-state index < -0.39 is 0 Å². The van der Waals surface area contributed by atoms with Crippen LogP contribution in [0.25, 0.3) is 0 Å². The quantitative estimate of drug-likeness (QED) is 0.0491. The van der Waals surface area contributed by atoms with Gasteiger partial charge in [-0.2, -0.15) is 0 Å². The Kier molecular flexibility index (Phi) is 28.9. The second kappa shape index (κ2) is 31.6. The molecular formula is C44H90N2O2+2. The van der Waals surface area contributed by atoms with Gasteiger partial charge in [0.2, 0.25) is 0 Å². The monoisotopic (exact) mass is 679 g/mol. The van der Waals surface area contributed by atoms with E-state index in [1.807, 2.05) is 0 Å². The van der Waals surface area contributed by atoms with Crippen LogP contribution in [0, 0.1) is 0 Å². The number of hydrogen-bond donors (Lipinski definition) is 0. The van der Waals surface area contributed by atoms with Crippen molar-refractivity contribution in [2.24, 2.45) is 0 Å². The second-order valence-corrected chi connectivity index (χ2v) is 16.6. The van der Waals surface area contributed by atoms with E-state index in [0.717, 1.165) is 26.4 Å². The van der Waals surface area contributed by atoms with Gasteiger partial charge in [-0.15, -0.1) is 0 Å². The van der Waals surface area contributed by atoms with E-state index in [1.54, 1.807) is 0 Å². The summed E-state index contributed by atoms with van der Waals surface area (Å²) in [5.41, 5.74) is 0. The molecule has 2 aliphatic heterocycles. The molecule has 0 spiro atoms. The lowest BCUT2D eigenvalue weighted by molar-refractivity contribution is -0.935. The Bertz CT molecular complexity index is 602. The lowest BCUT2D eigenvalue weighted by Gasteiger charge is -2.42. The minimum atomic E-state index is 0.989. The third-order valence-electron chi connectivity index (χ3n) is 12.3. The summed E-state index contributed by atoms with van der Waals surface area (Å²) >= 11 is 0. The zero-order valence-corrected chi connectivity index (χ0v) is 33.4. The van der Waals surface area contributed by atoms with Crippen molar-refractivity contribution >= 4 is 0 Å². The number of nitrogens with zero attached hydrogens (tertiary/aromatic N) is 2. The molecule has 4 nitrogen and oxygen atoms in total. The number of ether oxygens (including phenoxy) is 2. The van der Waals surface area contributed by atoms with Crippen LogP contribution in [0.4, 0.5) is 0 Å². The van der Waals surface area contributed by atoms with E-state index in [9.17, 15) is 0 Å². The fourth-order valence-electron chi connectivity index (χ4n) is 8.76. The van der Waals surface area contributed by atoms with Gasteiger partial charge in [-0.1, -0.05) is 155 Å². The van der Waals surface area contributed by atoms with Gasteiger partial charge in [-0.3, -0.25) is 0 Å². The SMILES string of the molecule is CCCCCCCCCCCCCC[N+]1(CCCCCCCC[N+]2(CCCCCCCCCCCCCC)CCOCC2)CCOCC1. The van der Waals surface area contributed by atoms with E-state index >= 15 is 0 Å². The zero-order chi connectivity index (χ0) is 34.1. The lowest BCUT2D eigenvalue weighted by atomic mass is 10.0. The van der Waals surface area contributed by atoms with Crippen molar-refractivity contribution in [2.75, 3.05) is 78.8 Å². The van der Waals surface area contributed by atoms with Gasteiger partial charge in [-0.25, -0.2) is 0 Å². The van der Waals surface area contributed by atoms with Crippen LogP contribution in [-0.4, -0.2) is 87.8 Å². The summed E-state index contributed by atoms with van der Waals surface area (Å²) in [6, 6.07) is 0. The number of morpholine rings is 2. The predicted molar refractivity (Wildman–Crippen MR) is 211 cm³/mol. The van der Waals surface area contributed by atoms with Crippen molar-refractivity contribution in [3.8, 4) is 0 Å². The van der Waals surface area contributed by atoms with Crippen molar-refractivity contribution in [2.45, 2.75) is 206 Å². The average Bonchev–Trinajstić information content (AvgIpc) is 3.11. The van der Waals surface area contributed by atoms with Gasteiger partial charge in [0.25, 0.3) is 0 Å². The van der Waals surface area contributed by atoms with Gasteiger partial charge in [0.05, 0.1) is 52.6 Å². The summed E-state index contributed by atoms with van der Waals surface area (Å²) in [5.74, 6) is 0. The smallest absolute Gasteiger partial charge is 0.102 e. The van der Waals surface area contributed by atoms with Gasteiger partial charge < -0.3 is 18.4 Å². The zero-order valence-electron chi connectivity index (χ0n) is 33.4. The first kappa shape index (κ1) is 44.0. The molecule has 0 bridgehead atoms. The van der Waals surface area contributed by atoms with Crippen LogP contribution >= 0.6 is 0 Å². The number of rotatable bonds is 35. The fourth-order valence-corrected chi connectivity index (χ4v) is 8.76. The minimum Gasteiger partial charge on any atom is -0.370 e. The summed E-state index contributed by atoms with van der Waals surface area (Å²) < 4.78 is 14.3. The maximum atomic E-state index is 5.81. The van der Waals surface area contributed by atoms with Crippen LogP contribution < -0.4 is 0 Å². The first-order chi connectivity index (χ1) is 23.7. The normalized spacial score (nSPS) is 17.6. The highest BCUT2D eigenvalue weighted by Gasteiger charge is 2.30. The molecule has 0 unspecified atom stereocenters. The Morgan fingerprint density at radius 1 is 0.271 bits per heavy atom. The molecule has 0 radical (unpaired) electrons. The third kappa shape index (κ3) is 23.3.